The van der Waals surface area contributed by atoms with Crippen molar-refractivity contribution in [3.8, 4) is 5.75 Å². The number of nitrogens with one attached hydrogen (secondary N) is 2. The molecule has 2 amide bonds. The molecule has 0 radical (unpaired) electrons. The second-order valence-electron chi connectivity index (χ2n) is 9.49. The van der Waals surface area contributed by atoms with Crippen molar-refractivity contribution in [2.75, 3.05) is 7.11 Å². The normalized spacial score (nSPS) is 12.9. The Labute approximate surface area is 207 Å². The molecular weight excluding hydrogens is 448 g/mol. The van der Waals surface area contributed by atoms with Crippen LogP contribution in [-0.4, -0.2) is 48.9 Å². The Kier molecular flexibility index (Phi) is 10.1. The summed E-state index contributed by atoms with van der Waals surface area (Å²) < 4.78 is 15.9. The minimum Gasteiger partial charge on any atom is -0.497 e. The lowest BCUT2D eigenvalue weighted by atomic mass is 10.0. The van der Waals surface area contributed by atoms with Crippen LogP contribution in [0.15, 0.2) is 54.6 Å². The van der Waals surface area contributed by atoms with Crippen molar-refractivity contribution in [3.05, 3.63) is 65.7 Å². The lowest BCUT2D eigenvalue weighted by Gasteiger charge is -2.25. The van der Waals surface area contributed by atoms with Crippen molar-refractivity contribution in [1.29, 1.82) is 0 Å². The van der Waals surface area contributed by atoms with Gasteiger partial charge >= 0.3 is 12.1 Å². The second kappa shape index (κ2) is 12.8. The van der Waals surface area contributed by atoms with Crippen LogP contribution in [0, 0.1) is 0 Å². The van der Waals surface area contributed by atoms with Gasteiger partial charge in [-0.1, -0.05) is 42.5 Å². The Morgan fingerprint density at radius 1 is 0.829 bits per heavy atom. The summed E-state index contributed by atoms with van der Waals surface area (Å²) in [6.45, 7) is 8.71. The van der Waals surface area contributed by atoms with Crippen LogP contribution in [0.5, 0.6) is 5.75 Å². The number of methoxy groups -OCH3 is 1. The predicted molar refractivity (Wildman–Crippen MR) is 133 cm³/mol. The molecule has 2 aromatic carbocycles. The fourth-order valence-electron chi connectivity index (χ4n) is 3.29. The lowest BCUT2D eigenvalue weighted by molar-refractivity contribution is -0.151. The minimum absolute atomic E-state index is 0.214. The summed E-state index contributed by atoms with van der Waals surface area (Å²) in [5, 5.41) is 5.42. The minimum atomic E-state index is -0.961. The number of hydrogen-bond donors (Lipinski definition) is 2. The van der Waals surface area contributed by atoms with Crippen LogP contribution < -0.4 is 15.4 Å². The Bertz CT molecular complexity index is 967. The topological polar surface area (TPSA) is 103 Å². The first-order valence-corrected chi connectivity index (χ1v) is 11.6. The third-order valence-electron chi connectivity index (χ3n) is 4.84. The monoisotopic (exact) mass is 484 g/mol. The standard InChI is InChI=1S/C27H36N2O6/c1-18(2)34-25(31)23(17-20-12-14-21(33-6)15-13-20)28-24(30)22(16-19-10-8-7-9-11-19)29-26(32)35-27(3,4)5/h7-15,18,22-23H,16-17H2,1-6H3,(H,28,30)(H,29,32)/t22-,23+/m1/s1. The number of hydrogen-bond acceptors (Lipinski definition) is 6. The molecule has 2 rings (SSSR count). The fourth-order valence-corrected chi connectivity index (χ4v) is 3.29. The maximum Gasteiger partial charge on any atom is 0.408 e. The molecule has 0 aliphatic heterocycles. The van der Waals surface area contributed by atoms with Gasteiger partial charge in [0.1, 0.15) is 23.4 Å². The Morgan fingerprint density at radius 2 is 1.40 bits per heavy atom. The van der Waals surface area contributed by atoms with E-state index in [4.69, 9.17) is 14.2 Å². The average Bonchev–Trinajstić information content (AvgIpc) is 2.77. The van der Waals surface area contributed by atoms with Gasteiger partial charge in [0.25, 0.3) is 0 Å². The first-order valence-electron chi connectivity index (χ1n) is 11.6. The number of esters is 1. The first kappa shape index (κ1) is 27.7. The number of alkyl carbamates (subject to hydrolysis) is 1. The predicted octanol–water partition coefficient (Wildman–Crippen LogP) is 3.81. The quantitative estimate of drug-likeness (QED) is 0.497. The fraction of sp³-hybridized carbons (Fsp3) is 0.444. The highest BCUT2D eigenvalue weighted by atomic mass is 16.6. The molecule has 0 fully saturated rings. The van der Waals surface area contributed by atoms with E-state index in [0.717, 1.165) is 11.1 Å². The molecule has 2 atom stereocenters. The van der Waals surface area contributed by atoms with Gasteiger partial charge in [-0.25, -0.2) is 9.59 Å². The van der Waals surface area contributed by atoms with Crippen molar-refractivity contribution in [3.63, 3.8) is 0 Å². The number of carbonyl (C=O) groups excluding carboxylic acids is 3. The van der Waals surface area contributed by atoms with E-state index in [0.29, 0.717) is 5.75 Å². The second-order valence-corrected chi connectivity index (χ2v) is 9.49. The zero-order chi connectivity index (χ0) is 26.0. The molecule has 8 heteroatoms. The molecule has 8 nitrogen and oxygen atoms in total. The number of ether oxygens (including phenoxy) is 3. The van der Waals surface area contributed by atoms with Crippen LogP contribution >= 0.6 is 0 Å². The number of benzene rings is 2. The molecule has 35 heavy (non-hydrogen) atoms. The van der Waals surface area contributed by atoms with Crippen LogP contribution in [0.4, 0.5) is 4.79 Å². The molecule has 2 aromatic rings. The molecule has 0 spiro atoms. The van der Waals surface area contributed by atoms with E-state index in [9.17, 15) is 14.4 Å². The van der Waals surface area contributed by atoms with Crippen LogP contribution in [0.1, 0.15) is 45.7 Å². The molecule has 0 bridgehead atoms. The van der Waals surface area contributed by atoms with Gasteiger partial charge in [0.2, 0.25) is 5.91 Å². The van der Waals surface area contributed by atoms with E-state index in [1.54, 1.807) is 53.9 Å². The third-order valence-corrected chi connectivity index (χ3v) is 4.84. The van der Waals surface area contributed by atoms with Crippen molar-refractivity contribution in [2.24, 2.45) is 0 Å². The Balaban J connectivity index is 2.24. The molecular formula is C27H36N2O6. The molecule has 190 valence electrons. The Hall–Kier alpha value is -3.55. The van der Waals surface area contributed by atoms with E-state index < -0.39 is 35.7 Å². The third kappa shape index (κ3) is 10.1. The van der Waals surface area contributed by atoms with Gasteiger partial charge in [0, 0.05) is 12.8 Å². The van der Waals surface area contributed by atoms with Gasteiger partial charge in [0.05, 0.1) is 13.2 Å². The zero-order valence-electron chi connectivity index (χ0n) is 21.3. The maximum atomic E-state index is 13.3. The highest BCUT2D eigenvalue weighted by molar-refractivity contribution is 5.90. The van der Waals surface area contributed by atoms with Crippen LogP contribution in [0.3, 0.4) is 0 Å². The molecule has 0 aliphatic rings. The summed E-state index contributed by atoms with van der Waals surface area (Å²) >= 11 is 0. The molecule has 0 saturated carbocycles. The number of carbonyl (C=O) groups is 3. The number of amides is 2. The average molecular weight is 485 g/mol. The lowest BCUT2D eigenvalue weighted by Crippen LogP contribution is -2.54. The van der Waals surface area contributed by atoms with Crippen molar-refractivity contribution >= 4 is 18.0 Å². The molecule has 0 saturated heterocycles. The van der Waals surface area contributed by atoms with E-state index in [2.05, 4.69) is 10.6 Å². The molecule has 0 aromatic heterocycles. The number of rotatable bonds is 10. The van der Waals surface area contributed by atoms with Gasteiger partial charge in [0.15, 0.2) is 0 Å². The highest BCUT2D eigenvalue weighted by Crippen LogP contribution is 2.14. The van der Waals surface area contributed by atoms with Crippen molar-refractivity contribution < 1.29 is 28.6 Å². The van der Waals surface area contributed by atoms with Crippen LogP contribution in [0.25, 0.3) is 0 Å². The maximum absolute atomic E-state index is 13.3. The van der Waals surface area contributed by atoms with Gasteiger partial charge in [-0.15, -0.1) is 0 Å². The van der Waals surface area contributed by atoms with E-state index in [1.165, 1.54) is 0 Å². The van der Waals surface area contributed by atoms with E-state index in [-0.39, 0.29) is 18.9 Å². The summed E-state index contributed by atoms with van der Waals surface area (Å²) in [4.78, 5) is 38.6. The van der Waals surface area contributed by atoms with E-state index in [1.807, 2.05) is 42.5 Å². The summed E-state index contributed by atoms with van der Waals surface area (Å²) in [6, 6.07) is 14.6. The van der Waals surface area contributed by atoms with Gasteiger partial charge in [-0.05, 0) is 57.9 Å². The Morgan fingerprint density at radius 3 is 1.94 bits per heavy atom. The summed E-state index contributed by atoms with van der Waals surface area (Å²) in [5.41, 5.74) is 0.937. The van der Waals surface area contributed by atoms with E-state index >= 15 is 0 Å². The van der Waals surface area contributed by atoms with Crippen LogP contribution in [-0.2, 0) is 31.9 Å². The summed E-state index contributed by atoms with van der Waals surface area (Å²) in [6.07, 6.45) is -0.630. The SMILES string of the molecule is COc1ccc(C[C@H](NC(=O)[C@@H](Cc2ccccc2)NC(=O)OC(C)(C)C)C(=O)OC(C)C)cc1. The van der Waals surface area contributed by atoms with Gasteiger partial charge in [-0.3, -0.25) is 4.79 Å². The molecule has 0 aliphatic carbocycles. The molecule has 2 N–H and O–H groups in total. The molecule has 0 heterocycles. The van der Waals surface area contributed by atoms with Gasteiger partial charge < -0.3 is 24.8 Å². The van der Waals surface area contributed by atoms with Crippen molar-refractivity contribution in [1.82, 2.24) is 10.6 Å². The smallest absolute Gasteiger partial charge is 0.408 e. The first-order chi connectivity index (χ1) is 16.5. The van der Waals surface area contributed by atoms with Gasteiger partial charge in [-0.2, -0.15) is 0 Å². The van der Waals surface area contributed by atoms with Crippen molar-refractivity contribution in [2.45, 2.75) is 71.2 Å². The molecule has 0 unspecified atom stereocenters. The summed E-state index contributed by atoms with van der Waals surface area (Å²) in [5.74, 6) is -0.387. The highest BCUT2D eigenvalue weighted by Gasteiger charge is 2.30. The zero-order valence-corrected chi connectivity index (χ0v) is 21.3. The van der Waals surface area contributed by atoms with Crippen LogP contribution in [0.2, 0.25) is 0 Å². The largest absolute Gasteiger partial charge is 0.497 e. The summed E-state index contributed by atoms with van der Waals surface area (Å²) in [7, 11) is 1.57.